The fourth-order valence-corrected chi connectivity index (χ4v) is 2.24. The molecule has 0 spiro atoms. The third kappa shape index (κ3) is 2.93. The fraction of sp³-hybridized carbons (Fsp3) is 0.385. The number of nitro groups is 1. The van der Waals surface area contributed by atoms with Crippen LogP contribution in [0.25, 0.3) is 0 Å². The quantitative estimate of drug-likeness (QED) is 0.624. The number of nitrogens with one attached hydrogen (secondary N) is 2. The van der Waals surface area contributed by atoms with Crippen molar-refractivity contribution in [2.24, 2.45) is 0 Å². The van der Waals surface area contributed by atoms with E-state index in [2.05, 4.69) is 10.6 Å². The minimum Gasteiger partial charge on any atom is -0.368 e. The van der Waals surface area contributed by atoms with Gasteiger partial charge in [0.25, 0.3) is 11.6 Å². The molecule has 1 aromatic rings. The molecule has 1 fully saturated rings. The molecule has 1 aliphatic rings. The molecule has 1 aromatic carbocycles. The number of benzene rings is 1. The molecule has 2 amide bonds. The summed E-state index contributed by atoms with van der Waals surface area (Å²) in [6.07, 6.45) is 0.566. The van der Waals surface area contributed by atoms with E-state index in [9.17, 15) is 19.7 Å². The van der Waals surface area contributed by atoms with Gasteiger partial charge in [0.2, 0.25) is 5.91 Å². The number of hydrogen-bond acceptors (Lipinski definition) is 5. The van der Waals surface area contributed by atoms with Gasteiger partial charge in [-0.15, -0.1) is 0 Å². The summed E-state index contributed by atoms with van der Waals surface area (Å²) in [5.74, 6) is -0.461. The summed E-state index contributed by atoms with van der Waals surface area (Å²) in [4.78, 5) is 35.6. The van der Waals surface area contributed by atoms with Gasteiger partial charge in [-0.1, -0.05) is 0 Å². The molecule has 1 aliphatic heterocycles. The van der Waals surface area contributed by atoms with Crippen molar-refractivity contribution >= 4 is 23.2 Å². The molecule has 0 bridgehead atoms. The van der Waals surface area contributed by atoms with Crippen molar-refractivity contribution in [2.45, 2.75) is 12.5 Å². The first-order valence-corrected chi connectivity index (χ1v) is 6.46. The molecule has 8 nitrogen and oxygen atoms in total. The molecule has 0 radical (unpaired) electrons. The predicted molar refractivity (Wildman–Crippen MR) is 76.2 cm³/mol. The summed E-state index contributed by atoms with van der Waals surface area (Å²) in [6, 6.07) is 3.53. The minimum atomic E-state index is -0.543. The molecule has 0 aliphatic carbocycles. The second kappa shape index (κ2) is 5.78. The molecule has 1 heterocycles. The fourth-order valence-electron chi connectivity index (χ4n) is 2.24. The molecule has 1 saturated heterocycles. The number of amides is 2. The molecule has 1 unspecified atom stereocenters. The lowest BCUT2D eigenvalue weighted by molar-refractivity contribution is -0.384. The Bertz CT molecular complexity index is 602. The van der Waals surface area contributed by atoms with Gasteiger partial charge in [0.1, 0.15) is 11.7 Å². The third-order valence-electron chi connectivity index (χ3n) is 3.44. The zero-order valence-corrected chi connectivity index (χ0v) is 11.8. The summed E-state index contributed by atoms with van der Waals surface area (Å²) in [7, 11) is 3.16. The third-order valence-corrected chi connectivity index (χ3v) is 3.44. The van der Waals surface area contributed by atoms with E-state index >= 15 is 0 Å². The molecule has 112 valence electrons. The summed E-state index contributed by atoms with van der Waals surface area (Å²) in [6.45, 7) is 0.597. The summed E-state index contributed by atoms with van der Waals surface area (Å²) in [5, 5.41) is 16.4. The lowest BCUT2D eigenvalue weighted by atomic mass is 10.1. The Morgan fingerprint density at radius 2 is 2.19 bits per heavy atom. The van der Waals surface area contributed by atoms with Crippen LogP contribution in [0.1, 0.15) is 16.8 Å². The number of hydrogen-bond donors (Lipinski definition) is 2. The Hall–Kier alpha value is -2.64. The SMILES string of the molecule is CNC(=O)c1ccc([N+](=O)[O-])c(NC2CCN(C)C2=O)c1. The van der Waals surface area contributed by atoms with E-state index in [0.29, 0.717) is 18.5 Å². The van der Waals surface area contributed by atoms with E-state index in [-0.39, 0.29) is 23.2 Å². The Morgan fingerprint density at radius 3 is 2.71 bits per heavy atom. The Kier molecular flexibility index (Phi) is 4.06. The topological polar surface area (TPSA) is 105 Å². The van der Waals surface area contributed by atoms with E-state index in [1.54, 1.807) is 11.9 Å². The van der Waals surface area contributed by atoms with Crippen molar-refractivity contribution in [3.63, 3.8) is 0 Å². The molecule has 2 N–H and O–H groups in total. The summed E-state index contributed by atoms with van der Waals surface area (Å²) >= 11 is 0. The van der Waals surface area contributed by atoms with Crippen LogP contribution >= 0.6 is 0 Å². The highest BCUT2D eigenvalue weighted by Crippen LogP contribution is 2.27. The lowest BCUT2D eigenvalue weighted by Crippen LogP contribution is -2.31. The van der Waals surface area contributed by atoms with Gasteiger partial charge in [-0.05, 0) is 18.6 Å². The molecule has 21 heavy (non-hydrogen) atoms. The van der Waals surface area contributed by atoms with Crippen LogP contribution in [0.2, 0.25) is 0 Å². The van der Waals surface area contributed by atoms with Crippen LogP contribution in [0.15, 0.2) is 18.2 Å². The van der Waals surface area contributed by atoms with Crippen LogP contribution in [-0.2, 0) is 4.79 Å². The highest BCUT2D eigenvalue weighted by atomic mass is 16.6. The lowest BCUT2D eigenvalue weighted by Gasteiger charge is -2.14. The monoisotopic (exact) mass is 292 g/mol. The zero-order chi connectivity index (χ0) is 15.6. The van der Waals surface area contributed by atoms with Gasteiger partial charge in [0.05, 0.1) is 4.92 Å². The highest BCUT2D eigenvalue weighted by molar-refractivity contribution is 5.96. The maximum Gasteiger partial charge on any atom is 0.292 e. The Balaban J connectivity index is 2.33. The maximum absolute atomic E-state index is 11.9. The first-order valence-electron chi connectivity index (χ1n) is 6.46. The number of anilines is 1. The molecule has 2 rings (SSSR count). The van der Waals surface area contributed by atoms with E-state index in [1.807, 2.05) is 0 Å². The highest BCUT2D eigenvalue weighted by Gasteiger charge is 2.30. The van der Waals surface area contributed by atoms with Gasteiger partial charge in [-0.3, -0.25) is 19.7 Å². The van der Waals surface area contributed by atoms with Gasteiger partial charge in [-0.25, -0.2) is 0 Å². The van der Waals surface area contributed by atoms with Gasteiger partial charge < -0.3 is 15.5 Å². The predicted octanol–water partition coefficient (Wildman–Crippen LogP) is 0.597. The Labute approximate surface area is 121 Å². The minimum absolute atomic E-state index is 0.116. The maximum atomic E-state index is 11.9. The van der Waals surface area contributed by atoms with Crippen LogP contribution in [0.5, 0.6) is 0 Å². The van der Waals surface area contributed by atoms with E-state index in [4.69, 9.17) is 0 Å². The second-order valence-electron chi connectivity index (χ2n) is 4.81. The second-order valence-corrected chi connectivity index (χ2v) is 4.81. The van der Waals surface area contributed by atoms with Crippen LogP contribution in [0.4, 0.5) is 11.4 Å². The van der Waals surface area contributed by atoms with Crippen molar-refractivity contribution < 1.29 is 14.5 Å². The molecular weight excluding hydrogens is 276 g/mol. The van der Waals surface area contributed by atoms with Crippen molar-refractivity contribution in [3.8, 4) is 0 Å². The number of likely N-dealkylation sites (tertiary alicyclic amines) is 1. The summed E-state index contributed by atoms with van der Waals surface area (Å²) in [5.41, 5.74) is 0.309. The number of nitro benzene ring substituents is 1. The van der Waals surface area contributed by atoms with Gasteiger partial charge in [-0.2, -0.15) is 0 Å². The number of likely N-dealkylation sites (N-methyl/N-ethyl adjacent to an activating group) is 1. The number of nitrogens with zero attached hydrogens (tertiary/aromatic N) is 2. The number of rotatable bonds is 4. The van der Waals surface area contributed by atoms with Crippen LogP contribution in [0, 0.1) is 10.1 Å². The Morgan fingerprint density at radius 1 is 1.48 bits per heavy atom. The van der Waals surface area contributed by atoms with Gasteiger partial charge in [0.15, 0.2) is 0 Å². The van der Waals surface area contributed by atoms with Gasteiger partial charge >= 0.3 is 0 Å². The van der Waals surface area contributed by atoms with Crippen molar-refractivity contribution in [1.82, 2.24) is 10.2 Å². The zero-order valence-electron chi connectivity index (χ0n) is 11.8. The summed E-state index contributed by atoms with van der Waals surface area (Å²) < 4.78 is 0. The van der Waals surface area contributed by atoms with Gasteiger partial charge in [0, 0.05) is 32.3 Å². The standard InChI is InChI=1S/C13H16N4O4/c1-14-12(18)8-3-4-11(17(20)21)10(7-8)15-9-5-6-16(2)13(9)19/h3-4,7,9,15H,5-6H2,1-2H3,(H,14,18). The van der Waals surface area contributed by atoms with E-state index in [0.717, 1.165) is 0 Å². The van der Waals surface area contributed by atoms with Crippen LogP contribution in [0.3, 0.4) is 0 Å². The molecular formula is C13H16N4O4. The van der Waals surface area contributed by atoms with E-state index in [1.165, 1.54) is 25.2 Å². The average molecular weight is 292 g/mol. The largest absolute Gasteiger partial charge is 0.368 e. The van der Waals surface area contributed by atoms with Crippen molar-refractivity contribution in [1.29, 1.82) is 0 Å². The normalized spacial score (nSPS) is 17.7. The smallest absolute Gasteiger partial charge is 0.292 e. The first kappa shape index (κ1) is 14.8. The van der Waals surface area contributed by atoms with Crippen molar-refractivity contribution in [2.75, 3.05) is 26.0 Å². The molecule has 0 saturated carbocycles. The number of carbonyl (C=O) groups excluding carboxylic acids is 2. The molecule has 8 heteroatoms. The van der Waals surface area contributed by atoms with Crippen molar-refractivity contribution in [3.05, 3.63) is 33.9 Å². The van der Waals surface area contributed by atoms with Crippen LogP contribution < -0.4 is 10.6 Å². The molecule has 0 aromatic heterocycles. The first-order chi connectivity index (χ1) is 9.93. The average Bonchev–Trinajstić information content (AvgIpc) is 2.78. The van der Waals surface area contributed by atoms with Crippen LogP contribution in [-0.4, -0.2) is 48.3 Å². The molecule has 1 atom stereocenters. The number of carbonyl (C=O) groups is 2. The van der Waals surface area contributed by atoms with E-state index < -0.39 is 11.0 Å².